The van der Waals surface area contributed by atoms with E-state index >= 15 is 0 Å². The van der Waals surface area contributed by atoms with E-state index in [4.69, 9.17) is 32.9 Å². The Morgan fingerprint density at radius 1 is 0.426 bits per heavy atom. The number of unbranched alkanes of at least 4 members (excludes halogenated alkanes) is 44. The summed E-state index contributed by atoms with van der Waals surface area (Å²) < 4.78 is 56.1. The maximum atomic E-state index is 14.8. The summed E-state index contributed by atoms with van der Waals surface area (Å²) in [7, 11) is -5.49. The van der Waals surface area contributed by atoms with Crippen LogP contribution in [0.4, 0.5) is 0 Å². The van der Waals surface area contributed by atoms with Crippen molar-refractivity contribution in [3.05, 3.63) is 0 Å². The van der Waals surface area contributed by atoms with Gasteiger partial charge < -0.3 is 59.1 Å². The highest BCUT2D eigenvalue weighted by molar-refractivity contribution is 7.46. The largest absolute Gasteiger partial charge is 0.480 e. The number of carboxylic acids is 1. The van der Waals surface area contributed by atoms with Gasteiger partial charge in [-0.1, -0.05) is 337 Å². The van der Waals surface area contributed by atoms with Crippen LogP contribution >= 0.6 is 7.82 Å². The Morgan fingerprint density at radius 3 is 1.15 bits per heavy atom. The van der Waals surface area contributed by atoms with Crippen molar-refractivity contribution in [2.45, 2.75) is 463 Å². The molecule has 0 unspecified atom stereocenters. The fourth-order valence-electron chi connectivity index (χ4n) is 13.6. The van der Waals surface area contributed by atoms with E-state index < -0.39 is 106 Å². The van der Waals surface area contributed by atoms with Crippen LogP contribution in [-0.2, 0) is 61.5 Å². The minimum absolute atomic E-state index is 0.102. The maximum Gasteiger partial charge on any atom is 0.470 e. The number of hydrogen-bond acceptors (Lipinski definition) is 14. The molecule has 1 rings (SSSR count). The molecule has 0 saturated carbocycles. The molecule has 0 aliphatic carbocycles. The topological polar surface area (TPSA) is 272 Å². The van der Waals surface area contributed by atoms with Crippen molar-refractivity contribution in [1.82, 2.24) is 10.6 Å². The molecule has 0 radical (unpaired) electrons. The lowest BCUT2D eigenvalue weighted by molar-refractivity contribution is -0.272. The molecule has 1 saturated heterocycles. The molecule has 2 amide bonds. The number of carbonyl (C=O) groups is 5. The van der Waals surface area contributed by atoms with Crippen LogP contribution in [0, 0.1) is 0 Å². The normalized spacial score (nSPS) is 17.5. The van der Waals surface area contributed by atoms with E-state index in [-0.39, 0.29) is 25.7 Å². The number of esters is 2. The summed E-state index contributed by atoms with van der Waals surface area (Å²) in [6.07, 6.45) is 46.1. The number of carboxylic acid groups (broad SMARTS) is 1. The van der Waals surface area contributed by atoms with E-state index in [1.54, 1.807) is 0 Å². The summed E-state index contributed by atoms with van der Waals surface area (Å²) in [5.74, 6) is -4.03. The predicted octanol–water partition coefficient (Wildman–Crippen LogP) is 20.2. The number of nitrogens with one attached hydrogen (secondary N) is 2. The fraction of sp³-hybridized carbons (Fsp3) is 0.938. The molecule has 101 heavy (non-hydrogen) atoms. The third-order valence-corrected chi connectivity index (χ3v) is 20.4. The van der Waals surface area contributed by atoms with Crippen LogP contribution in [0.1, 0.15) is 408 Å². The zero-order valence-corrected chi connectivity index (χ0v) is 66.3. The summed E-state index contributed by atoms with van der Waals surface area (Å²) in [5, 5.41) is 27.2. The average molecular weight is 1460 g/mol. The summed E-state index contributed by atoms with van der Waals surface area (Å²) in [4.78, 5) is 91.3. The van der Waals surface area contributed by atoms with Crippen LogP contribution < -0.4 is 10.6 Å². The molecule has 1 fully saturated rings. The van der Waals surface area contributed by atoms with Crippen molar-refractivity contribution in [2.24, 2.45) is 0 Å². The second-order valence-corrected chi connectivity index (χ2v) is 30.7. The SMILES string of the molecule is CCCCCCCCCCC[C@H](CC(=O)N[C@H](CO[C@@H]1O[C@H](CO)[C@@H](OP(=O)(O)O)[C@H](OC(=O)C[C@@H](CCCCCCCCCCC)OCCCCCCCCCC)[C@H]1NC(=O)C[C@@H](CCCCCCCCCCC)OC(=O)CCCCCCCCC)C(=O)O)OCCCCCCCCCC. The van der Waals surface area contributed by atoms with Crippen molar-refractivity contribution < 1.29 is 81.5 Å². The molecule has 0 bridgehead atoms. The molecule has 596 valence electrons. The summed E-state index contributed by atoms with van der Waals surface area (Å²) in [6.45, 7) is 12.4. The van der Waals surface area contributed by atoms with E-state index in [0.717, 1.165) is 167 Å². The number of phosphoric ester groups is 1. The second kappa shape index (κ2) is 67.8. The number of rotatable bonds is 75. The first kappa shape index (κ1) is 96.3. The van der Waals surface area contributed by atoms with Crippen LogP contribution in [0.5, 0.6) is 0 Å². The molecule has 9 atom stereocenters. The van der Waals surface area contributed by atoms with Gasteiger partial charge >= 0.3 is 25.7 Å². The first-order valence-corrected chi connectivity index (χ1v) is 43.6. The van der Waals surface area contributed by atoms with Crippen LogP contribution in [0.3, 0.4) is 0 Å². The van der Waals surface area contributed by atoms with Gasteiger partial charge in [-0.2, -0.15) is 0 Å². The van der Waals surface area contributed by atoms with Crippen molar-refractivity contribution >= 4 is 37.5 Å². The summed E-state index contributed by atoms with van der Waals surface area (Å²) in [6, 6.07) is -3.36. The van der Waals surface area contributed by atoms with Crippen LogP contribution in [0.2, 0.25) is 0 Å². The first-order chi connectivity index (χ1) is 49.0. The number of hydrogen-bond donors (Lipinski definition) is 6. The van der Waals surface area contributed by atoms with Crippen molar-refractivity contribution in [2.75, 3.05) is 26.4 Å². The summed E-state index contributed by atoms with van der Waals surface area (Å²) in [5.41, 5.74) is 0. The number of aliphatic carboxylic acids is 1. The lowest BCUT2D eigenvalue weighted by Crippen LogP contribution is -2.66. The van der Waals surface area contributed by atoms with Gasteiger partial charge in [0, 0.05) is 19.6 Å². The van der Waals surface area contributed by atoms with Crippen molar-refractivity contribution in [1.29, 1.82) is 0 Å². The van der Waals surface area contributed by atoms with Gasteiger partial charge in [-0.3, -0.25) is 23.7 Å². The lowest BCUT2D eigenvalue weighted by Gasteiger charge is -2.45. The van der Waals surface area contributed by atoms with Gasteiger partial charge in [0.25, 0.3) is 0 Å². The predicted molar refractivity (Wildman–Crippen MR) is 407 cm³/mol. The van der Waals surface area contributed by atoms with Crippen molar-refractivity contribution in [3.63, 3.8) is 0 Å². The second-order valence-electron chi connectivity index (χ2n) is 29.5. The van der Waals surface area contributed by atoms with E-state index in [2.05, 4.69) is 52.2 Å². The smallest absolute Gasteiger partial charge is 0.470 e. The molecule has 0 spiro atoms. The number of phosphoric acid groups is 1. The van der Waals surface area contributed by atoms with Gasteiger partial charge in [0.05, 0.1) is 44.7 Å². The minimum Gasteiger partial charge on any atom is -0.480 e. The molecule has 0 aromatic heterocycles. The van der Waals surface area contributed by atoms with Gasteiger partial charge in [-0.05, 0) is 44.9 Å². The number of amides is 2. The molecule has 0 aromatic carbocycles. The quantitative estimate of drug-likeness (QED) is 0.0188. The Kier molecular flexibility index (Phi) is 64.7. The van der Waals surface area contributed by atoms with Gasteiger partial charge in [0.2, 0.25) is 11.8 Å². The number of ether oxygens (including phenoxy) is 6. The van der Waals surface area contributed by atoms with Crippen LogP contribution in [0.15, 0.2) is 0 Å². The Labute approximate surface area is 615 Å². The summed E-state index contributed by atoms with van der Waals surface area (Å²) >= 11 is 0. The first-order valence-electron chi connectivity index (χ1n) is 42.1. The molecular weight excluding hydrogens is 1300 g/mol. The lowest BCUT2D eigenvalue weighted by atomic mass is 9.95. The van der Waals surface area contributed by atoms with E-state index in [1.165, 1.54) is 141 Å². The number of aliphatic hydroxyl groups is 1. The molecule has 1 aliphatic heterocycles. The number of carbonyl (C=O) groups excluding carboxylic acids is 4. The Balaban J connectivity index is 3.78. The molecule has 0 aromatic rings. The Bertz CT molecular complexity index is 1960. The number of aliphatic hydroxyl groups excluding tert-OH is 1. The van der Waals surface area contributed by atoms with Gasteiger partial charge in [0.15, 0.2) is 18.4 Å². The zero-order valence-electron chi connectivity index (χ0n) is 65.4. The third kappa shape index (κ3) is 56.3. The van der Waals surface area contributed by atoms with Crippen LogP contribution in [-0.4, -0.2) is 131 Å². The van der Waals surface area contributed by atoms with Crippen LogP contribution in [0.25, 0.3) is 0 Å². The zero-order chi connectivity index (χ0) is 74.1. The highest BCUT2D eigenvalue weighted by Gasteiger charge is 2.52. The van der Waals surface area contributed by atoms with Gasteiger partial charge in [-0.25, -0.2) is 9.36 Å². The average Bonchev–Trinajstić information content (AvgIpc) is 0.781. The van der Waals surface area contributed by atoms with Gasteiger partial charge in [0.1, 0.15) is 24.4 Å². The molecule has 19 nitrogen and oxygen atoms in total. The standard InChI is InChI=1S/C81H155N2O17P/c1-7-13-19-25-31-36-40-45-51-57-68(94-61-55-49-43-34-28-22-16-10-4)63-73(85)82-71(80(89)90)67-96-81-77(83-74(86)64-70(59-53-47-42-38-33-27-21-15-9-3)97-75(87)60-54-48-39-30-24-18-12-6)79(78(72(66-84)98-81)100-101(91,92)93)99-76(88)65-69(58-52-46-41-37-32-26-20-14-8-2)95-62-56-50-44-35-29-23-17-11-5/h68-72,77-79,81,84H,7-67H2,1-6H3,(H,82,85)(H,83,86)(H,89,90)(H2,91,92,93)/t68-,69-,70-,71-,72-,77-,78-,79-,81-/m1/s1. The molecular formula is C81H155N2O17P. The molecule has 20 heteroatoms. The van der Waals surface area contributed by atoms with Crippen molar-refractivity contribution in [3.8, 4) is 0 Å². The van der Waals surface area contributed by atoms with Gasteiger partial charge in [-0.15, -0.1) is 0 Å². The minimum atomic E-state index is -5.49. The highest BCUT2D eigenvalue weighted by atomic mass is 31.2. The molecule has 1 heterocycles. The van der Waals surface area contributed by atoms with E-state index in [1.807, 2.05) is 0 Å². The third-order valence-electron chi connectivity index (χ3n) is 19.8. The maximum absolute atomic E-state index is 14.8. The molecule has 6 N–H and O–H groups in total. The highest BCUT2D eigenvalue weighted by Crippen LogP contribution is 2.42. The van der Waals surface area contributed by atoms with E-state index in [9.17, 15) is 48.5 Å². The Morgan fingerprint density at radius 2 is 0.772 bits per heavy atom. The monoisotopic (exact) mass is 1460 g/mol. The Hall–Kier alpha value is -2.74. The fourth-order valence-corrected chi connectivity index (χ4v) is 14.2. The molecule has 1 aliphatic rings. The van der Waals surface area contributed by atoms with E-state index in [0.29, 0.717) is 45.3 Å².